The van der Waals surface area contributed by atoms with E-state index in [1.54, 1.807) is 0 Å². The highest BCUT2D eigenvalue weighted by atomic mass is 19.4. The second-order valence-electron chi connectivity index (χ2n) is 5.89. The fourth-order valence-electron chi connectivity index (χ4n) is 2.86. The predicted octanol–water partition coefficient (Wildman–Crippen LogP) is 5.51. The van der Waals surface area contributed by atoms with Crippen LogP contribution in [0.4, 0.5) is 26.3 Å². The van der Waals surface area contributed by atoms with Gasteiger partial charge in [0.25, 0.3) is 0 Å². The van der Waals surface area contributed by atoms with Crippen molar-refractivity contribution in [1.82, 2.24) is 9.97 Å². The van der Waals surface area contributed by atoms with Gasteiger partial charge in [0.05, 0.1) is 23.3 Å². The molecule has 0 aliphatic rings. The minimum atomic E-state index is -5.06. The largest absolute Gasteiger partial charge is 0.462 e. The van der Waals surface area contributed by atoms with Crippen LogP contribution < -0.4 is 0 Å². The minimum Gasteiger partial charge on any atom is -0.462 e. The zero-order valence-corrected chi connectivity index (χ0v) is 14.7. The molecule has 0 saturated heterocycles. The summed E-state index contributed by atoms with van der Waals surface area (Å²) in [5, 5.41) is -0.159. The molecule has 0 fully saturated rings. The Labute approximate surface area is 160 Å². The van der Waals surface area contributed by atoms with Crippen molar-refractivity contribution in [2.24, 2.45) is 0 Å². The number of ether oxygens (including phenoxy) is 1. The molecule has 0 unspecified atom stereocenters. The van der Waals surface area contributed by atoms with Gasteiger partial charge in [0, 0.05) is 17.1 Å². The summed E-state index contributed by atoms with van der Waals surface area (Å²) in [7, 11) is 0. The zero-order valence-electron chi connectivity index (χ0n) is 14.7. The van der Waals surface area contributed by atoms with Crippen molar-refractivity contribution < 1.29 is 35.9 Å². The quantitative estimate of drug-likeness (QED) is 0.419. The maximum Gasteiger partial charge on any atom is 0.451 e. The van der Waals surface area contributed by atoms with Crippen molar-refractivity contribution in [3.8, 4) is 11.1 Å². The number of halogens is 6. The first kappa shape index (κ1) is 20.6. The van der Waals surface area contributed by atoms with Gasteiger partial charge in [-0.2, -0.15) is 26.3 Å². The summed E-state index contributed by atoms with van der Waals surface area (Å²) in [5.41, 5.74) is -3.51. The van der Waals surface area contributed by atoms with E-state index < -0.39 is 46.4 Å². The van der Waals surface area contributed by atoms with Gasteiger partial charge in [0.15, 0.2) is 0 Å². The number of nitrogens with zero attached hydrogens (tertiary/aromatic N) is 2. The van der Waals surface area contributed by atoms with Gasteiger partial charge in [-0.05, 0) is 18.6 Å². The molecule has 10 heteroatoms. The highest BCUT2D eigenvalue weighted by molar-refractivity contribution is 6.04. The molecule has 3 aromatic rings. The van der Waals surface area contributed by atoms with Crippen LogP contribution in [0.2, 0.25) is 0 Å². The second kappa shape index (κ2) is 7.34. The van der Waals surface area contributed by atoms with Gasteiger partial charge in [0.1, 0.15) is 0 Å². The van der Waals surface area contributed by atoms with Gasteiger partial charge in [-0.25, -0.2) is 14.8 Å². The number of fused-ring (bicyclic) bond motifs is 1. The van der Waals surface area contributed by atoms with E-state index in [1.165, 1.54) is 37.3 Å². The Bertz CT molecular complexity index is 1060. The molecule has 4 nitrogen and oxygen atoms in total. The molecule has 0 aliphatic heterocycles. The molecular weight excluding hydrogens is 402 g/mol. The Kier molecular flexibility index (Phi) is 5.20. The standard InChI is InChI=1S/C19H12F6N2O2/c1-2-29-16(28)12-8-11-9-26-17(19(23,24)25)27-15(11)13(14(12)18(20,21)22)10-6-4-3-5-7-10/h3-9H,2H2,1H3. The van der Waals surface area contributed by atoms with E-state index in [0.29, 0.717) is 0 Å². The number of esters is 1. The molecule has 0 bridgehead atoms. The number of hydrogen-bond acceptors (Lipinski definition) is 4. The van der Waals surface area contributed by atoms with Crippen LogP contribution in [0.1, 0.15) is 28.7 Å². The van der Waals surface area contributed by atoms with E-state index in [-0.39, 0.29) is 17.6 Å². The molecule has 3 rings (SSSR count). The number of aromatic nitrogens is 2. The van der Waals surface area contributed by atoms with Crippen LogP contribution >= 0.6 is 0 Å². The van der Waals surface area contributed by atoms with E-state index in [9.17, 15) is 31.1 Å². The molecule has 0 atom stereocenters. The molecule has 0 radical (unpaired) electrons. The summed E-state index contributed by atoms with van der Waals surface area (Å²) in [6, 6.07) is 7.74. The Hall–Kier alpha value is -3.17. The maximum absolute atomic E-state index is 14.0. The lowest BCUT2D eigenvalue weighted by Crippen LogP contribution is -2.18. The zero-order chi connectivity index (χ0) is 21.4. The highest BCUT2D eigenvalue weighted by Gasteiger charge is 2.41. The summed E-state index contributed by atoms with van der Waals surface area (Å²) in [6.07, 6.45) is -9.29. The molecule has 1 aromatic heterocycles. The summed E-state index contributed by atoms with van der Waals surface area (Å²) in [5.74, 6) is -2.84. The van der Waals surface area contributed by atoms with Gasteiger partial charge >= 0.3 is 18.3 Å². The Morgan fingerprint density at radius 1 is 1.03 bits per heavy atom. The molecule has 29 heavy (non-hydrogen) atoms. The van der Waals surface area contributed by atoms with Crippen molar-refractivity contribution in [1.29, 1.82) is 0 Å². The third-order valence-corrected chi connectivity index (χ3v) is 3.97. The Morgan fingerprint density at radius 2 is 1.69 bits per heavy atom. The average Bonchev–Trinajstić information content (AvgIpc) is 2.65. The van der Waals surface area contributed by atoms with Gasteiger partial charge in [-0.3, -0.25) is 0 Å². The van der Waals surface area contributed by atoms with Crippen LogP contribution in [0.15, 0.2) is 42.6 Å². The Morgan fingerprint density at radius 3 is 2.24 bits per heavy atom. The summed E-state index contributed by atoms with van der Waals surface area (Å²) in [6.45, 7) is 1.24. The van der Waals surface area contributed by atoms with E-state index in [0.717, 1.165) is 12.3 Å². The molecule has 2 aromatic carbocycles. The van der Waals surface area contributed by atoms with E-state index in [2.05, 4.69) is 9.97 Å². The van der Waals surface area contributed by atoms with Crippen molar-refractivity contribution in [2.45, 2.75) is 19.3 Å². The van der Waals surface area contributed by atoms with E-state index in [4.69, 9.17) is 4.74 Å². The minimum absolute atomic E-state index is 0.0530. The van der Waals surface area contributed by atoms with Crippen molar-refractivity contribution in [3.05, 3.63) is 59.5 Å². The summed E-state index contributed by atoms with van der Waals surface area (Å²) in [4.78, 5) is 18.8. The van der Waals surface area contributed by atoms with Gasteiger partial charge < -0.3 is 4.74 Å². The number of carbonyl (C=O) groups is 1. The van der Waals surface area contributed by atoms with E-state index in [1.807, 2.05) is 0 Å². The van der Waals surface area contributed by atoms with Crippen molar-refractivity contribution in [3.63, 3.8) is 0 Å². The lowest BCUT2D eigenvalue weighted by Gasteiger charge is -2.19. The third kappa shape index (κ3) is 4.01. The Balaban J connectivity index is 2.51. The van der Waals surface area contributed by atoms with Crippen LogP contribution in [0, 0.1) is 0 Å². The van der Waals surface area contributed by atoms with Gasteiger partial charge in [-0.1, -0.05) is 30.3 Å². The maximum atomic E-state index is 14.0. The van der Waals surface area contributed by atoms with Crippen molar-refractivity contribution >= 4 is 16.9 Å². The third-order valence-electron chi connectivity index (χ3n) is 3.97. The number of hydrogen-bond donors (Lipinski definition) is 0. The first-order valence-electron chi connectivity index (χ1n) is 8.24. The first-order valence-corrected chi connectivity index (χ1v) is 8.24. The molecule has 0 amide bonds. The summed E-state index contributed by atoms with van der Waals surface area (Å²) >= 11 is 0. The fraction of sp³-hybridized carbons (Fsp3) is 0.211. The molecule has 152 valence electrons. The topological polar surface area (TPSA) is 52.1 Å². The fourth-order valence-corrected chi connectivity index (χ4v) is 2.86. The van der Waals surface area contributed by atoms with Crippen LogP contribution in [0.3, 0.4) is 0 Å². The number of carbonyl (C=O) groups excluding carboxylic acids is 1. The number of alkyl halides is 6. The molecule has 0 aliphatic carbocycles. The normalized spacial score (nSPS) is 12.2. The highest BCUT2D eigenvalue weighted by Crippen LogP contribution is 2.43. The molecule has 0 spiro atoms. The number of benzene rings is 2. The van der Waals surface area contributed by atoms with Crippen LogP contribution in [-0.2, 0) is 17.1 Å². The molecule has 1 heterocycles. The van der Waals surface area contributed by atoms with Gasteiger partial charge in [-0.15, -0.1) is 0 Å². The monoisotopic (exact) mass is 414 g/mol. The van der Waals surface area contributed by atoms with Gasteiger partial charge in [0.2, 0.25) is 5.82 Å². The second-order valence-corrected chi connectivity index (χ2v) is 5.89. The first-order chi connectivity index (χ1) is 13.5. The SMILES string of the molecule is CCOC(=O)c1cc2cnc(C(F)(F)F)nc2c(-c2ccccc2)c1C(F)(F)F. The van der Waals surface area contributed by atoms with Crippen LogP contribution in [0.25, 0.3) is 22.0 Å². The van der Waals surface area contributed by atoms with Crippen molar-refractivity contribution in [2.75, 3.05) is 6.61 Å². The molecule has 0 N–H and O–H groups in total. The smallest absolute Gasteiger partial charge is 0.451 e. The van der Waals surface area contributed by atoms with Crippen LogP contribution in [0.5, 0.6) is 0 Å². The number of rotatable bonds is 3. The van der Waals surface area contributed by atoms with E-state index >= 15 is 0 Å². The molecular formula is C19H12F6N2O2. The predicted molar refractivity (Wildman–Crippen MR) is 90.9 cm³/mol. The van der Waals surface area contributed by atoms with Crippen LogP contribution in [-0.4, -0.2) is 22.5 Å². The lowest BCUT2D eigenvalue weighted by molar-refractivity contribution is -0.144. The summed E-state index contributed by atoms with van der Waals surface area (Å²) < 4.78 is 85.9. The average molecular weight is 414 g/mol. The lowest BCUT2D eigenvalue weighted by atomic mass is 9.92. The molecule has 0 saturated carbocycles.